The van der Waals surface area contributed by atoms with Gasteiger partial charge in [0, 0.05) is 25.9 Å². The number of pyridine rings is 1. The summed E-state index contributed by atoms with van der Waals surface area (Å²) in [7, 11) is 1.78. The number of amides is 2. The Hall–Kier alpha value is -2.69. The second-order valence-electron chi connectivity index (χ2n) is 6.52. The summed E-state index contributed by atoms with van der Waals surface area (Å²) < 4.78 is 0. The molecule has 3 atom stereocenters. The van der Waals surface area contributed by atoms with Crippen LogP contribution in [-0.2, 0) is 9.59 Å². The lowest BCUT2D eigenvalue weighted by Crippen LogP contribution is -2.46. The number of benzene rings is 1. The minimum Gasteiger partial charge on any atom is -0.349 e. The molecule has 2 aromatic rings. The average molecular weight is 337 g/mol. The van der Waals surface area contributed by atoms with Crippen LogP contribution in [0.15, 0.2) is 54.9 Å². The Bertz CT molecular complexity index is 733. The molecule has 1 aromatic heterocycles. The molecule has 25 heavy (non-hydrogen) atoms. The topological polar surface area (TPSA) is 62.3 Å². The Morgan fingerprint density at radius 1 is 1.20 bits per heavy atom. The molecule has 5 nitrogen and oxygen atoms in total. The maximum Gasteiger partial charge on any atom is 0.226 e. The van der Waals surface area contributed by atoms with Crippen LogP contribution in [0, 0.1) is 5.92 Å². The number of hydrogen-bond donors (Lipinski definition) is 1. The number of piperidine rings is 1. The van der Waals surface area contributed by atoms with Crippen LogP contribution in [0.3, 0.4) is 0 Å². The Labute approximate surface area is 148 Å². The second-order valence-corrected chi connectivity index (χ2v) is 6.52. The van der Waals surface area contributed by atoms with Crippen molar-refractivity contribution < 1.29 is 9.59 Å². The van der Waals surface area contributed by atoms with Gasteiger partial charge in [-0.1, -0.05) is 30.3 Å². The molecular weight excluding hydrogens is 314 g/mol. The molecule has 5 heteroatoms. The van der Waals surface area contributed by atoms with E-state index < -0.39 is 0 Å². The van der Waals surface area contributed by atoms with E-state index in [1.165, 1.54) is 0 Å². The van der Waals surface area contributed by atoms with Gasteiger partial charge in [0.15, 0.2) is 0 Å². The van der Waals surface area contributed by atoms with Gasteiger partial charge in [0.2, 0.25) is 11.8 Å². The van der Waals surface area contributed by atoms with Gasteiger partial charge in [-0.25, -0.2) is 0 Å². The molecule has 3 rings (SSSR count). The number of nitrogens with zero attached hydrogens (tertiary/aromatic N) is 2. The monoisotopic (exact) mass is 337 g/mol. The van der Waals surface area contributed by atoms with Gasteiger partial charge in [-0.05, 0) is 36.6 Å². The number of aromatic nitrogens is 1. The zero-order valence-corrected chi connectivity index (χ0v) is 14.6. The summed E-state index contributed by atoms with van der Waals surface area (Å²) in [5.74, 6) is -0.188. The molecule has 0 saturated carbocycles. The predicted octanol–water partition coefficient (Wildman–Crippen LogP) is 2.87. The van der Waals surface area contributed by atoms with Crippen molar-refractivity contribution in [1.29, 1.82) is 0 Å². The molecular formula is C20H23N3O2. The van der Waals surface area contributed by atoms with E-state index in [0.29, 0.717) is 12.8 Å². The maximum absolute atomic E-state index is 13.0. The summed E-state index contributed by atoms with van der Waals surface area (Å²) in [6.45, 7) is 1.96. The first-order chi connectivity index (χ1) is 12.1. The number of likely N-dealkylation sites (tertiary alicyclic amines) is 1. The summed E-state index contributed by atoms with van der Waals surface area (Å²) in [6, 6.07) is 13.2. The SMILES string of the molecule is C[C@H](NC(=O)[C@H]1CCC(=O)N(C)[C@H]1c1ccccc1)c1ccncc1. The number of nitrogens with one attached hydrogen (secondary N) is 1. The largest absolute Gasteiger partial charge is 0.349 e. The number of hydrogen-bond acceptors (Lipinski definition) is 3. The second kappa shape index (κ2) is 7.47. The van der Waals surface area contributed by atoms with Crippen molar-refractivity contribution in [1.82, 2.24) is 15.2 Å². The van der Waals surface area contributed by atoms with Crippen LogP contribution in [0.25, 0.3) is 0 Å². The third-order valence-electron chi connectivity index (χ3n) is 4.90. The van der Waals surface area contributed by atoms with Gasteiger partial charge in [-0.15, -0.1) is 0 Å². The zero-order chi connectivity index (χ0) is 17.8. The van der Waals surface area contributed by atoms with Crippen LogP contribution in [0.2, 0.25) is 0 Å². The summed E-state index contributed by atoms with van der Waals surface area (Å²) in [4.78, 5) is 30.8. The van der Waals surface area contributed by atoms with Crippen LogP contribution in [0.5, 0.6) is 0 Å². The quantitative estimate of drug-likeness (QED) is 0.933. The van der Waals surface area contributed by atoms with Crippen molar-refractivity contribution >= 4 is 11.8 Å². The van der Waals surface area contributed by atoms with Crippen molar-refractivity contribution in [2.24, 2.45) is 5.92 Å². The lowest BCUT2D eigenvalue weighted by Gasteiger charge is -2.39. The van der Waals surface area contributed by atoms with Crippen molar-refractivity contribution in [2.75, 3.05) is 7.05 Å². The van der Waals surface area contributed by atoms with Gasteiger partial charge in [0.25, 0.3) is 0 Å². The van der Waals surface area contributed by atoms with Gasteiger partial charge in [-0.2, -0.15) is 0 Å². The lowest BCUT2D eigenvalue weighted by molar-refractivity contribution is -0.141. The molecule has 1 aromatic carbocycles. The average Bonchev–Trinajstić information content (AvgIpc) is 2.65. The minimum absolute atomic E-state index is 0.0162. The maximum atomic E-state index is 13.0. The molecule has 0 radical (unpaired) electrons. The molecule has 1 fully saturated rings. The lowest BCUT2D eigenvalue weighted by atomic mass is 9.83. The van der Waals surface area contributed by atoms with Crippen LogP contribution < -0.4 is 5.32 Å². The van der Waals surface area contributed by atoms with E-state index in [1.807, 2.05) is 49.4 Å². The Morgan fingerprint density at radius 2 is 1.88 bits per heavy atom. The van der Waals surface area contributed by atoms with Crippen LogP contribution in [0.4, 0.5) is 0 Å². The van der Waals surface area contributed by atoms with Gasteiger partial charge in [-0.3, -0.25) is 14.6 Å². The highest BCUT2D eigenvalue weighted by atomic mass is 16.2. The van der Waals surface area contributed by atoms with E-state index in [0.717, 1.165) is 11.1 Å². The highest BCUT2D eigenvalue weighted by Gasteiger charge is 2.39. The van der Waals surface area contributed by atoms with Crippen molar-refractivity contribution in [3.05, 3.63) is 66.0 Å². The van der Waals surface area contributed by atoms with Crippen LogP contribution in [-0.4, -0.2) is 28.7 Å². The number of rotatable bonds is 4. The van der Waals surface area contributed by atoms with Gasteiger partial charge in [0.05, 0.1) is 18.0 Å². The van der Waals surface area contributed by atoms with Gasteiger partial charge < -0.3 is 10.2 Å². The predicted molar refractivity (Wildman–Crippen MR) is 95.5 cm³/mol. The molecule has 1 N–H and O–H groups in total. The van der Waals surface area contributed by atoms with Crippen molar-refractivity contribution in [2.45, 2.75) is 31.8 Å². The van der Waals surface area contributed by atoms with E-state index in [4.69, 9.17) is 0 Å². The van der Waals surface area contributed by atoms with Crippen molar-refractivity contribution in [3.63, 3.8) is 0 Å². The fourth-order valence-corrected chi connectivity index (χ4v) is 3.47. The fourth-order valence-electron chi connectivity index (χ4n) is 3.47. The highest BCUT2D eigenvalue weighted by molar-refractivity contribution is 5.85. The summed E-state index contributed by atoms with van der Waals surface area (Å²) in [5.41, 5.74) is 2.01. The zero-order valence-electron chi connectivity index (χ0n) is 14.6. The van der Waals surface area contributed by atoms with E-state index >= 15 is 0 Å². The summed E-state index contributed by atoms with van der Waals surface area (Å²) in [6.07, 6.45) is 4.41. The first-order valence-electron chi connectivity index (χ1n) is 8.59. The van der Waals surface area contributed by atoms with E-state index in [1.54, 1.807) is 24.3 Å². The Morgan fingerprint density at radius 3 is 2.56 bits per heavy atom. The molecule has 130 valence electrons. The molecule has 1 aliphatic heterocycles. The highest BCUT2D eigenvalue weighted by Crippen LogP contribution is 2.36. The molecule has 0 aliphatic carbocycles. The van der Waals surface area contributed by atoms with Crippen molar-refractivity contribution in [3.8, 4) is 0 Å². The summed E-state index contributed by atoms with van der Waals surface area (Å²) in [5, 5.41) is 3.10. The standard InChI is InChI=1S/C20H23N3O2/c1-14(15-10-12-21-13-11-15)22-20(25)17-8-9-18(24)23(2)19(17)16-6-4-3-5-7-16/h3-7,10-14,17,19H,8-9H2,1-2H3,(H,22,25)/t14-,17-,19-/m0/s1. The smallest absolute Gasteiger partial charge is 0.226 e. The van der Waals surface area contributed by atoms with Crippen LogP contribution >= 0.6 is 0 Å². The fraction of sp³-hybridized carbons (Fsp3) is 0.350. The molecule has 2 heterocycles. The first-order valence-corrected chi connectivity index (χ1v) is 8.59. The molecule has 0 spiro atoms. The third-order valence-corrected chi connectivity index (χ3v) is 4.90. The molecule has 0 bridgehead atoms. The first kappa shape index (κ1) is 17.1. The molecule has 1 saturated heterocycles. The number of carbonyl (C=O) groups is 2. The Kier molecular flexibility index (Phi) is 5.12. The Balaban J connectivity index is 1.80. The van der Waals surface area contributed by atoms with Gasteiger partial charge >= 0.3 is 0 Å². The minimum atomic E-state index is -0.255. The normalized spacial score (nSPS) is 21.7. The third kappa shape index (κ3) is 3.71. The van der Waals surface area contributed by atoms with E-state index in [2.05, 4.69) is 10.3 Å². The van der Waals surface area contributed by atoms with Crippen LogP contribution in [0.1, 0.15) is 43.0 Å². The van der Waals surface area contributed by atoms with Gasteiger partial charge in [0.1, 0.15) is 0 Å². The molecule has 0 unspecified atom stereocenters. The summed E-state index contributed by atoms with van der Waals surface area (Å²) >= 11 is 0. The van der Waals surface area contributed by atoms with E-state index in [9.17, 15) is 9.59 Å². The number of carbonyl (C=O) groups excluding carboxylic acids is 2. The molecule has 2 amide bonds. The van der Waals surface area contributed by atoms with E-state index in [-0.39, 0.29) is 29.8 Å². The molecule has 1 aliphatic rings.